The molecule has 138 heavy (non-hydrogen) atoms. The van der Waals surface area contributed by atoms with Gasteiger partial charge in [-0.15, -0.1) is 11.8 Å². The zero-order chi connectivity index (χ0) is 100. The number of methoxy groups -OCH3 is 1. The van der Waals surface area contributed by atoms with Crippen molar-refractivity contribution < 1.29 is 34.4 Å². The summed E-state index contributed by atoms with van der Waals surface area (Å²) < 4.78 is 10.8. The monoisotopic (exact) mass is 1870 g/mol. The average Bonchev–Trinajstić information content (AvgIpc) is 0.724. The third-order valence-electron chi connectivity index (χ3n) is 29.2. The maximum Gasteiger partial charge on any atom is 0.339 e. The maximum absolute atomic E-state index is 11.6. The quantitative estimate of drug-likeness (QED) is 0.0282. The smallest absolute Gasteiger partial charge is 0.339 e. The van der Waals surface area contributed by atoms with Crippen LogP contribution in [0.1, 0.15) is 312 Å². The zero-order valence-corrected chi connectivity index (χ0v) is 88.8. The van der Waals surface area contributed by atoms with Gasteiger partial charge in [-0.2, -0.15) is 0 Å². The number of hydrogen-bond donors (Lipinski definition) is 3. The van der Waals surface area contributed by atoms with E-state index in [9.17, 15) is 24.9 Å². The van der Waals surface area contributed by atoms with Crippen LogP contribution in [-0.4, -0.2) is 63.9 Å². The SMILES string of the molecule is CC1=C(/C=C/C(C)=C/C=C/C(C)=C/C=C/C=C(C)/C=C/C=C(C)/C=C/C2=C(C)CC(O)CC2(C)C)C(C)(C)CC(O)C1.CC1=C(/C=C/C(C)=C/C=C/C(C)=C/C=C/C=C(C)/C=C/C=C(C)/C=C/C2=C(C)CCCC2(C)C)C(C)(C)CCC1.CCOC(=O)c1ccc(C#Cc2ccc3c(c2)C(C)(C)CCS3)nc1.COc1ccc(-c2ccc3cc(C(=O)O)ccc3c2)cc1C12CC3CC(CC(C3)C1)C2. The summed E-state index contributed by atoms with van der Waals surface area (Å²) in [5, 5.41) is 31.5. The summed E-state index contributed by atoms with van der Waals surface area (Å²) >= 11 is 1.92. The molecule has 4 aromatic carbocycles. The van der Waals surface area contributed by atoms with Gasteiger partial charge in [-0.3, -0.25) is 0 Å². The van der Waals surface area contributed by atoms with Crippen LogP contribution in [0, 0.1) is 51.3 Å². The van der Waals surface area contributed by atoms with Crippen molar-refractivity contribution in [3.05, 3.63) is 384 Å². The Morgan fingerprint density at radius 1 is 0.435 bits per heavy atom. The van der Waals surface area contributed by atoms with Crippen molar-refractivity contribution in [3.8, 4) is 28.7 Å². The standard InChI is InChI=1S/C40H56O2.C40H56.C28H28O3.C21H21NO2S/c1-29(17-13-19-31(3)21-23-37-33(5)25-35(41)27-39(37,7)8)15-11-12-16-30(2)18-14-20-32(4)22-24-38-34(6)26-36(42)28-40(38,9)10;1-31(19-13-21-33(3)25-27-37-35(5)23-15-29-39(37,7)8)17-11-12-18-32(2)20-14-22-34(4)26-28-38-36(6)24-16-30-40(38,9)10;1-31-26-7-6-23(21-2-3-22-12-24(27(29)30)5-4-20(22)11-21)13-25(26)28-14-17-8-18(15-28)10-19(9-17)16-28;1-4-24-20(23)16-7-9-17(22-14-16)8-5-15-6-10-19-18(13-15)21(2,3)11-12-25-19/h11-24,35-36,41-42H,25-28H2,1-10H3;11-14,17-22,25-28H,15-16,23-24,29-30H2,1-10H3;2-7,11-13,17-19H,8-10,14-16H2,1H3,(H,29,30);6-7,9-10,13-14H,4,11-12H2,1-3H3/b12-11+,17-13+,18-14+,23-21+,24-22+,29-15+,30-16+,31-19+,32-20+;12-11+,19-13+,20-14+,27-25+,28-26+,31-17+,32-18+,33-21+,34-22+;;. The van der Waals surface area contributed by atoms with Gasteiger partial charge in [-0.25, -0.2) is 14.6 Å². The molecule has 4 saturated carbocycles. The number of benzene rings is 4. The summed E-state index contributed by atoms with van der Waals surface area (Å²) in [5.41, 5.74) is 29.8. The fourth-order valence-corrected chi connectivity index (χ4v) is 23.5. The summed E-state index contributed by atoms with van der Waals surface area (Å²) in [7, 11) is 1.80. The van der Waals surface area contributed by atoms with Crippen molar-refractivity contribution in [2.24, 2.45) is 39.4 Å². The number of fused-ring (bicyclic) bond motifs is 2. The molecule has 1 aliphatic heterocycles. The van der Waals surface area contributed by atoms with E-state index in [-0.39, 0.29) is 39.8 Å². The van der Waals surface area contributed by atoms with Crippen molar-refractivity contribution in [2.45, 2.75) is 296 Å². The molecule has 9 heteroatoms. The highest BCUT2D eigenvalue weighted by Gasteiger charge is 2.53. The van der Waals surface area contributed by atoms with Gasteiger partial charge in [0.25, 0.3) is 0 Å². The van der Waals surface area contributed by atoms with E-state index >= 15 is 0 Å². The van der Waals surface area contributed by atoms with Gasteiger partial charge in [0.15, 0.2) is 0 Å². The van der Waals surface area contributed by atoms with E-state index in [4.69, 9.17) is 9.47 Å². The van der Waals surface area contributed by atoms with Crippen LogP contribution in [0.2, 0.25) is 0 Å². The van der Waals surface area contributed by atoms with E-state index < -0.39 is 5.97 Å². The molecule has 14 rings (SSSR count). The number of thioether (sulfide) groups is 1. The van der Waals surface area contributed by atoms with Crippen LogP contribution in [0.4, 0.5) is 0 Å². The third kappa shape index (κ3) is 32.1. The van der Waals surface area contributed by atoms with Crippen LogP contribution >= 0.6 is 11.8 Å². The molecular weight excluding hydrogens is 1710 g/mol. The number of esters is 1. The number of carboxylic acids is 1. The van der Waals surface area contributed by atoms with Crippen LogP contribution in [0.25, 0.3) is 21.9 Å². The minimum Gasteiger partial charge on any atom is -0.496 e. The molecule has 4 fully saturated rings. The number of aliphatic hydroxyl groups excluding tert-OH is 2. The van der Waals surface area contributed by atoms with Crippen LogP contribution in [-0.2, 0) is 15.6 Å². The summed E-state index contributed by atoms with van der Waals surface area (Å²) in [6.45, 7) is 51.0. The first-order chi connectivity index (χ1) is 65.4. The number of aromatic carboxylic acids is 1. The second-order valence-electron chi connectivity index (χ2n) is 43.8. The van der Waals surface area contributed by atoms with E-state index in [0.717, 1.165) is 65.5 Å². The molecular formula is C129H161NO7S. The van der Waals surface area contributed by atoms with E-state index in [2.05, 4.69) is 388 Å². The number of ether oxygens (including phenoxy) is 2. The Morgan fingerprint density at radius 2 is 0.841 bits per heavy atom. The number of carboxylic acid groups (broad SMARTS) is 1. The van der Waals surface area contributed by atoms with Gasteiger partial charge in [0.2, 0.25) is 0 Å². The number of aliphatic hydroxyl groups is 2. The van der Waals surface area contributed by atoms with Crippen LogP contribution in [0.15, 0.2) is 355 Å². The first-order valence-corrected chi connectivity index (χ1v) is 51.6. The molecule has 730 valence electrons. The molecule has 3 N–H and O–H groups in total. The molecule has 8 aliphatic carbocycles. The predicted octanol–water partition coefficient (Wildman–Crippen LogP) is 34.3. The lowest BCUT2D eigenvalue weighted by atomic mass is 9.48. The predicted molar refractivity (Wildman–Crippen MR) is 589 cm³/mol. The lowest BCUT2D eigenvalue weighted by molar-refractivity contribution is -0.00614. The molecule has 0 amide bonds. The summed E-state index contributed by atoms with van der Waals surface area (Å²) in [5.74, 6) is 9.90. The number of allylic oxidation sites excluding steroid dienone is 42. The van der Waals surface area contributed by atoms with Crippen LogP contribution in [0.3, 0.4) is 0 Å². The molecule has 0 radical (unpaired) electrons. The Morgan fingerprint density at radius 3 is 1.25 bits per heavy atom. The topological polar surface area (TPSA) is 126 Å². The molecule has 1 aromatic heterocycles. The highest BCUT2D eigenvalue weighted by atomic mass is 32.2. The first-order valence-electron chi connectivity index (χ1n) is 50.7. The van der Waals surface area contributed by atoms with Crippen molar-refractivity contribution in [1.29, 1.82) is 0 Å². The largest absolute Gasteiger partial charge is 0.496 e. The van der Waals surface area contributed by atoms with Gasteiger partial charge in [-0.05, 0) is 371 Å². The van der Waals surface area contributed by atoms with Gasteiger partial charge >= 0.3 is 11.9 Å². The van der Waals surface area contributed by atoms with Crippen molar-refractivity contribution in [1.82, 2.24) is 4.98 Å². The second kappa shape index (κ2) is 50.3. The zero-order valence-electron chi connectivity index (χ0n) is 88.0. The summed E-state index contributed by atoms with van der Waals surface area (Å²) in [6, 6.07) is 28.2. The van der Waals surface area contributed by atoms with Gasteiger partial charge in [0.05, 0.1) is 37.1 Å². The number of nitrogens with zero attached hydrogens (tertiary/aromatic N) is 1. The first kappa shape index (κ1) is 109. The van der Waals surface area contributed by atoms with Crippen LogP contribution < -0.4 is 4.74 Å². The van der Waals surface area contributed by atoms with Crippen molar-refractivity contribution in [3.63, 3.8) is 0 Å². The number of hydrogen-bond acceptors (Lipinski definition) is 8. The highest BCUT2D eigenvalue weighted by molar-refractivity contribution is 7.99. The lowest BCUT2D eigenvalue weighted by Crippen LogP contribution is -2.48. The summed E-state index contributed by atoms with van der Waals surface area (Å²) in [6.07, 6.45) is 82.0. The molecule has 0 saturated heterocycles. The molecule has 2 atom stereocenters. The van der Waals surface area contributed by atoms with Crippen molar-refractivity contribution in [2.75, 3.05) is 19.5 Å². The van der Waals surface area contributed by atoms with Gasteiger partial charge in [0, 0.05) is 22.2 Å². The number of carbonyl (C=O) groups is 2. The van der Waals surface area contributed by atoms with E-state index in [1.165, 1.54) is 201 Å². The van der Waals surface area contributed by atoms with Gasteiger partial charge in [-0.1, -0.05) is 336 Å². The van der Waals surface area contributed by atoms with E-state index in [1.807, 2.05) is 23.9 Å². The molecule has 9 aliphatic rings. The molecule has 8 nitrogen and oxygen atoms in total. The van der Waals surface area contributed by atoms with Crippen LogP contribution in [0.5, 0.6) is 5.75 Å². The highest BCUT2D eigenvalue weighted by Crippen LogP contribution is 2.62. The molecule has 0 spiro atoms. The lowest BCUT2D eigenvalue weighted by Gasteiger charge is -2.57. The van der Waals surface area contributed by atoms with Gasteiger partial charge in [0.1, 0.15) is 11.4 Å². The molecule has 4 bridgehead atoms. The molecule has 5 aromatic rings. The number of aromatic nitrogens is 1. The fourth-order valence-electron chi connectivity index (χ4n) is 22.0. The minimum absolute atomic E-state index is 0.00547. The van der Waals surface area contributed by atoms with Gasteiger partial charge < -0.3 is 24.8 Å². The van der Waals surface area contributed by atoms with E-state index in [1.54, 1.807) is 49.4 Å². The number of rotatable bonds is 26. The Kier molecular flexibility index (Phi) is 39.8. The Hall–Kier alpha value is -10.9. The molecule has 2 heterocycles. The Balaban J connectivity index is 0.000000193. The number of carbonyl (C=O) groups excluding carboxylic acids is 1. The number of pyridine rings is 1. The third-order valence-corrected chi connectivity index (χ3v) is 30.2. The van der Waals surface area contributed by atoms with E-state index in [0.29, 0.717) is 34.3 Å². The average molecular weight is 1870 g/mol. The Bertz CT molecular complexity index is 5770. The molecule has 2 unspecified atom stereocenters. The summed E-state index contributed by atoms with van der Waals surface area (Å²) in [4.78, 5) is 28.5. The normalized spacial score (nSPS) is 23.1. The van der Waals surface area contributed by atoms with Crippen molar-refractivity contribution >= 4 is 34.5 Å². The second-order valence-corrected chi connectivity index (χ2v) is 44.9. The minimum atomic E-state index is -0.888. The maximum atomic E-state index is 11.6. The fraction of sp³-hybridized carbons (Fsp3) is 0.419. The Labute approximate surface area is 836 Å².